The predicted octanol–water partition coefficient (Wildman–Crippen LogP) is 2.68. The van der Waals surface area contributed by atoms with Crippen LogP contribution in [0.1, 0.15) is 31.7 Å². The van der Waals surface area contributed by atoms with E-state index in [9.17, 15) is 9.59 Å². The number of unbranched alkanes of at least 4 members (excludes halogenated alkanes) is 1. The van der Waals surface area contributed by atoms with Crippen LogP contribution in [-0.2, 0) is 16.0 Å². The zero-order valence-electron chi connectivity index (χ0n) is 12.0. The van der Waals surface area contributed by atoms with E-state index in [0.29, 0.717) is 13.0 Å². The molecule has 0 saturated carbocycles. The lowest BCUT2D eigenvalue weighted by Gasteiger charge is -2.05. The van der Waals surface area contributed by atoms with Crippen LogP contribution in [0.3, 0.4) is 0 Å². The molecule has 110 valence electrons. The van der Waals surface area contributed by atoms with E-state index in [1.54, 1.807) is 7.11 Å². The van der Waals surface area contributed by atoms with E-state index >= 15 is 0 Å². The number of methoxy groups -OCH3 is 1. The van der Waals surface area contributed by atoms with Gasteiger partial charge in [0.15, 0.2) is 0 Å². The van der Waals surface area contributed by atoms with Crippen molar-refractivity contribution < 1.29 is 19.1 Å². The average molecular weight is 279 g/mol. The number of benzene rings is 1. The van der Waals surface area contributed by atoms with Gasteiger partial charge in [0.1, 0.15) is 5.75 Å². The molecule has 20 heavy (non-hydrogen) atoms. The minimum atomic E-state index is -0.668. The Morgan fingerprint density at radius 2 is 1.90 bits per heavy atom. The summed E-state index contributed by atoms with van der Waals surface area (Å²) in [6.45, 7) is 2.55. The topological polar surface area (TPSA) is 64.6 Å². The lowest BCUT2D eigenvalue weighted by molar-refractivity contribution is -0.137. The number of carbonyl (C=O) groups is 2. The normalized spacial score (nSPS) is 9.90. The van der Waals surface area contributed by atoms with E-state index in [4.69, 9.17) is 4.74 Å². The maximum atomic E-state index is 11.5. The van der Waals surface area contributed by atoms with Crippen LogP contribution in [0.25, 0.3) is 0 Å². The fourth-order valence-electron chi connectivity index (χ4n) is 1.60. The monoisotopic (exact) mass is 279 g/mol. The fourth-order valence-corrected chi connectivity index (χ4v) is 1.60. The number of aryl methyl sites for hydroxylation is 1. The lowest BCUT2D eigenvalue weighted by atomic mass is 10.1. The highest BCUT2D eigenvalue weighted by Crippen LogP contribution is 2.12. The SMILES string of the molecule is CCCCNC(=O)OC(=O)CCc1ccc(OC)cc1. The Kier molecular flexibility index (Phi) is 7.17. The molecule has 5 heteroatoms. The summed E-state index contributed by atoms with van der Waals surface area (Å²) < 4.78 is 9.70. The first-order valence-electron chi connectivity index (χ1n) is 6.77. The van der Waals surface area contributed by atoms with Gasteiger partial charge in [-0.25, -0.2) is 4.79 Å². The number of ether oxygens (including phenoxy) is 2. The van der Waals surface area contributed by atoms with Crippen molar-refractivity contribution in [2.24, 2.45) is 0 Å². The van der Waals surface area contributed by atoms with Gasteiger partial charge < -0.3 is 14.8 Å². The first kappa shape index (κ1) is 16.0. The molecule has 0 saturated heterocycles. The molecule has 0 spiro atoms. The fraction of sp³-hybridized carbons (Fsp3) is 0.467. The molecule has 1 rings (SSSR count). The minimum Gasteiger partial charge on any atom is -0.497 e. The first-order valence-corrected chi connectivity index (χ1v) is 6.77. The molecule has 0 aliphatic rings. The maximum absolute atomic E-state index is 11.5. The van der Waals surface area contributed by atoms with E-state index < -0.39 is 12.1 Å². The van der Waals surface area contributed by atoms with Crippen LogP contribution in [0.5, 0.6) is 5.75 Å². The third-order valence-corrected chi connectivity index (χ3v) is 2.78. The zero-order valence-corrected chi connectivity index (χ0v) is 12.0. The Labute approximate surface area is 119 Å². The van der Waals surface area contributed by atoms with Crippen molar-refractivity contribution in [1.29, 1.82) is 0 Å². The molecule has 1 amide bonds. The van der Waals surface area contributed by atoms with Gasteiger partial charge in [0.25, 0.3) is 0 Å². The van der Waals surface area contributed by atoms with Crippen LogP contribution < -0.4 is 10.1 Å². The number of esters is 1. The third kappa shape index (κ3) is 6.22. The van der Waals surface area contributed by atoms with Gasteiger partial charge >= 0.3 is 12.1 Å². The molecule has 1 N–H and O–H groups in total. The van der Waals surface area contributed by atoms with E-state index in [0.717, 1.165) is 24.2 Å². The highest BCUT2D eigenvalue weighted by molar-refractivity contribution is 5.84. The molecule has 0 radical (unpaired) electrons. The Balaban J connectivity index is 2.26. The molecule has 0 aliphatic heterocycles. The molecule has 0 fully saturated rings. The van der Waals surface area contributed by atoms with Gasteiger partial charge in [-0.15, -0.1) is 0 Å². The van der Waals surface area contributed by atoms with Crippen LogP contribution in [0.4, 0.5) is 4.79 Å². The van der Waals surface area contributed by atoms with Gasteiger partial charge in [-0.1, -0.05) is 25.5 Å². The quantitative estimate of drug-likeness (QED) is 0.473. The van der Waals surface area contributed by atoms with Gasteiger partial charge in [0.05, 0.1) is 13.5 Å². The molecule has 0 aliphatic carbocycles. The second-order valence-corrected chi connectivity index (χ2v) is 4.39. The molecule has 0 atom stereocenters. The minimum absolute atomic E-state index is 0.174. The first-order chi connectivity index (χ1) is 9.65. The molecule has 0 bridgehead atoms. The molecule has 1 aromatic rings. The van der Waals surface area contributed by atoms with E-state index in [-0.39, 0.29) is 6.42 Å². The summed E-state index contributed by atoms with van der Waals surface area (Å²) in [5.41, 5.74) is 0.995. The van der Waals surface area contributed by atoms with Crippen molar-refractivity contribution in [2.75, 3.05) is 13.7 Å². The van der Waals surface area contributed by atoms with E-state index in [1.165, 1.54) is 0 Å². The van der Waals surface area contributed by atoms with Crippen molar-refractivity contribution >= 4 is 12.1 Å². The average Bonchev–Trinajstić information content (AvgIpc) is 2.46. The second-order valence-electron chi connectivity index (χ2n) is 4.39. The summed E-state index contributed by atoms with van der Waals surface area (Å²) in [6.07, 6.45) is 1.89. The number of carbonyl (C=O) groups excluding carboxylic acids is 2. The van der Waals surface area contributed by atoms with Gasteiger partial charge in [0.2, 0.25) is 0 Å². The third-order valence-electron chi connectivity index (χ3n) is 2.78. The van der Waals surface area contributed by atoms with Gasteiger partial charge in [-0.3, -0.25) is 4.79 Å². The zero-order chi connectivity index (χ0) is 14.8. The van der Waals surface area contributed by atoms with E-state index in [1.807, 2.05) is 31.2 Å². The van der Waals surface area contributed by atoms with Crippen molar-refractivity contribution in [2.45, 2.75) is 32.6 Å². The number of hydrogen-bond donors (Lipinski definition) is 1. The Hall–Kier alpha value is -2.04. The molecular weight excluding hydrogens is 258 g/mol. The van der Waals surface area contributed by atoms with Crippen molar-refractivity contribution in [1.82, 2.24) is 5.32 Å². The summed E-state index contributed by atoms with van der Waals surface area (Å²) in [4.78, 5) is 22.7. The number of alkyl carbamates (subject to hydrolysis) is 1. The van der Waals surface area contributed by atoms with Crippen molar-refractivity contribution in [3.63, 3.8) is 0 Å². The van der Waals surface area contributed by atoms with Crippen LogP contribution in [-0.4, -0.2) is 25.7 Å². The number of rotatable bonds is 7. The summed E-state index contributed by atoms with van der Waals surface area (Å²) in [5, 5.41) is 2.53. The highest BCUT2D eigenvalue weighted by Gasteiger charge is 2.09. The van der Waals surface area contributed by atoms with Gasteiger partial charge in [-0.2, -0.15) is 0 Å². The Morgan fingerprint density at radius 1 is 1.20 bits per heavy atom. The van der Waals surface area contributed by atoms with E-state index in [2.05, 4.69) is 10.1 Å². The number of hydrogen-bond acceptors (Lipinski definition) is 4. The summed E-state index contributed by atoms with van der Waals surface area (Å²) in [7, 11) is 1.60. The standard InChI is InChI=1S/C15H21NO4/c1-3-4-11-16-15(18)20-14(17)10-7-12-5-8-13(19-2)9-6-12/h5-6,8-9H,3-4,7,10-11H2,1-2H3,(H,16,18). The Morgan fingerprint density at radius 3 is 2.50 bits per heavy atom. The number of amides is 1. The van der Waals surface area contributed by atoms with Gasteiger partial charge in [-0.05, 0) is 30.5 Å². The van der Waals surface area contributed by atoms with Crippen LogP contribution in [0.2, 0.25) is 0 Å². The second kappa shape index (κ2) is 8.96. The summed E-state index contributed by atoms with van der Waals surface area (Å²) in [5.74, 6) is 0.251. The molecular formula is C15H21NO4. The molecule has 5 nitrogen and oxygen atoms in total. The largest absolute Gasteiger partial charge is 0.497 e. The maximum Gasteiger partial charge on any atom is 0.414 e. The smallest absolute Gasteiger partial charge is 0.414 e. The van der Waals surface area contributed by atoms with Gasteiger partial charge in [0, 0.05) is 6.54 Å². The van der Waals surface area contributed by atoms with Crippen molar-refractivity contribution in [3.05, 3.63) is 29.8 Å². The predicted molar refractivity (Wildman–Crippen MR) is 75.7 cm³/mol. The molecule has 0 aromatic heterocycles. The van der Waals surface area contributed by atoms with Crippen LogP contribution >= 0.6 is 0 Å². The Bertz CT molecular complexity index is 428. The summed E-state index contributed by atoms with van der Waals surface area (Å²) in [6, 6.07) is 7.43. The molecule has 0 unspecified atom stereocenters. The van der Waals surface area contributed by atoms with Crippen LogP contribution in [0.15, 0.2) is 24.3 Å². The number of nitrogens with one attached hydrogen (secondary N) is 1. The molecule has 1 aromatic carbocycles. The summed E-state index contributed by atoms with van der Waals surface area (Å²) >= 11 is 0. The van der Waals surface area contributed by atoms with Crippen LogP contribution in [0, 0.1) is 0 Å². The van der Waals surface area contributed by atoms with Crippen molar-refractivity contribution in [3.8, 4) is 5.75 Å². The lowest BCUT2D eigenvalue weighted by Crippen LogP contribution is -2.27. The molecule has 0 heterocycles. The highest BCUT2D eigenvalue weighted by atomic mass is 16.6.